The van der Waals surface area contributed by atoms with Crippen molar-refractivity contribution in [1.29, 1.82) is 0 Å². The summed E-state index contributed by atoms with van der Waals surface area (Å²) in [5, 5.41) is 13.2. The predicted molar refractivity (Wildman–Crippen MR) is 86.7 cm³/mol. The van der Waals surface area contributed by atoms with Crippen LogP contribution in [0.2, 0.25) is 0 Å². The van der Waals surface area contributed by atoms with Crippen molar-refractivity contribution in [3.63, 3.8) is 0 Å². The van der Waals surface area contributed by atoms with Crippen LogP contribution in [0.1, 0.15) is 36.3 Å². The highest BCUT2D eigenvalue weighted by Gasteiger charge is 2.23. The Bertz CT molecular complexity index is 725. The number of carboxylic acid groups (broad SMARTS) is 1. The minimum Gasteiger partial charge on any atom is -0.480 e. The third-order valence-corrected chi connectivity index (χ3v) is 3.61. The number of halogens is 1. The molecule has 0 fully saturated rings. The number of amides is 1. The number of nitrogens with zero attached hydrogens (tertiary/aromatic N) is 3. The van der Waals surface area contributed by atoms with Gasteiger partial charge >= 0.3 is 5.97 Å². The Labute approximate surface area is 139 Å². The number of carboxylic acids is 1. The van der Waals surface area contributed by atoms with E-state index in [1.165, 1.54) is 23.2 Å². The highest BCUT2D eigenvalue weighted by molar-refractivity contribution is 5.96. The number of aliphatic carboxylic acids is 1. The van der Waals surface area contributed by atoms with Crippen LogP contribution in [0.25, 0.3) is 5.69 Å². The average molecular weight is 333 g/mol. The van der Waals surface area contributed by atoms with E-state index in [1.54, 1.807) is 16.8 Å². The van der Waals surface area contributed by atoms with Crippen molar-refractivity contribution >= 4 is 11.9 Å². The van der Waals surface area contributed by atoms with Gasteiger partial charge in [-0.05, 0) is 37.1 Å². The predicted octanol–water partition coefficient (Wildman–Crippen LogP) is 2.51. The van der Waals surface area contributed by atoms with Crippen molar-refractivity contribution in [1.82, 2.24) is 14.7 Å². The molecule has 1 aromatic heterocycles. The summed E-state index contributed by atoms with van der Waals surface area (Å²) in [5.41, 5.74) is 1.68. The lowest BCUT2D eigenvalue weighted by atomic mass is 10.1. The fourth-order valence-electron chi connectivity index (χ4n) is 2.55. The lowest BCUT2D eigenvalue weighted by Gasteiger charge is -2.20. The number of hydrogen-bond acceptors (Lipinski definition) is 3. The van der Waals surface area contributed by atoms with Crippen LogP contribution >= 0.6 is 0 Å². The fraction of sp³-hybridized carbons (Fsp3) is 0.353. The number of benzene rings is 1. The van der Waals surface area contributed by atoms with Gasteiger partial charge in [0, 0.05) is 6.54 Å². The highest BCUT2D eigenvalue weighted by Crippen LogP contribution is 2.18. The number of rotatable bonds is 7. The number of carbonyl (C=O) groups excluding carboxylic acids is 1. The van der Waals surface area contributed by atoms with Crippen molar-refractivity contribution in [2.24, 2.45) is 0 Å². The second kappa shape index (κ2) is 7.72. The summed E-state index contributed by atoms with van der Waals surface area (Å²) < 4.78 is 14.7. The maximum absolute atomic E-state index is 13.1. The van der Waals surface area contributed by atoms with E-state index < -0.39 is 5.97 Å². The minimum atomic E-state index is -1.05. The van der Waals surface area contributed by atoms with Gasteiger partial charge < -0.3 is 10.0 Å². The van der Waals surface area contributed by atoms with Crippen molar-refractivity contribution in [2.45, 2.75) is 26.7 Å². The molecule has 0 atom stereocenters. The zero-order valence-electron chi connectivity index (χ0n) is 13.7. The monoisotopic (exact) mass is 333 g/mol. The van der Waals surface area contributed by atoms with Crippen LogP contribution in [0.3, 0.4) is 0 Å². The Morgan fingerprint density at radius 3 is 2.46 bits per heavy atom. The molecular formula is C17H20FN3O3. The molecule has 0 bridgehead atoms. The van der Waals surface area contributed by atoms with Gasteiger partial charge in [-0.1, -0.05) is 13.8 Å². The fourth-order valence-corrected chi connectivity index (χ4v) is 2.55. The van der Waals surface area contributed by atoms with Gasteiger partial charge in [-0.3, -0.25) is 9.59 Å². The average Bonchev–Trinajstić information content (AvgIpc) is 2.98. The van der Waals surface area contributed by atoms with E-state index in [-0.39, 0.29) is 18.3 Å². The van der Waals surface area contributed by atoms with Crippen molar-refractivity contribution < 1.29 is 19.1 Å². The smallest absolute Gasteiger partial charge is 0.323 e. The van der Waals surface area contributed by atoms with Gasteiger partial charge in [0.05, 0.1) is 23.1 Å². The van der Waals surface area contributed by atoms with Crippen molar-refractivity contribution in [3.8, 4) is 5.69 Å². The molecule has 0 unspecified atom stereocenters. The Morgan fingerprint density at radius 2 is 1.92 bits per heavy atom. The van der Waals surface area contributed by atoms with E-state index in [9.17, 15) is 14.0 Å². The summed E-state index contributed by atoms with van der Waals surface area (Å²) in [5.74, 6) is -1.76. The summed E-state index contributed by atoms with van der Waals surface area (Å²) in [6, 6.07) is 5.81. The molecule has 0 aliphatic heterocycles. The van der Waals surface area contributed by atoms with Crippen LogP contribution in [-0.4, -0.2) is 44.8 Å². The summed E-state index contributed by atoms with van der Waals surface area (Å²) in [7, 11) is 0. The molecule has 24 heavy (non-hydrogen) atoms. The first-order valence-electron chi connectivity index (χ1n) is 7.81. The molecule has 128 valence electrons. The van der Waals surface area contributed by atoms with Gasteiger partial charge in [-0.25, -0.2) is 9.07 Å². The Morgan fingerprint density at radius 1 is 1.25 bits per heavy atom. The standard InChI is InChI=1S/C17H20FN3O3/c1-3-9-20(11-16(22)23)17(24)14-10-19-21(15(14)4-2)13-7-5-12(18)6-8-13/h5-8,10H,3-4,9,11H2,1-2H3,(H,22,23). The van der Waals surface area contributed by atoms with Gasteiger partial charge in [0.15, 0.2) is 0 Å². The maximum atomic E-state index is 13.1. The van der Waals surface area contributed by atoms with Crippen LogP contribution in [0.4, 0.5) is 4.39 Å². The molecule has 2 aromatic rings. The van der Waals surface area contributed by atoms with Gasteiger partial charge in [-0.2, -0.15) is 5.10 Å². The first kappa shape index (κ1) is 17.7. The number of aromatic nitrogens is 2. The topological polar surface area (TPSA) is 75.4 Å². The largest absolute Gasteiger partial charge is 0.480 e. The zero-order valence-corrected chi connectivity index (χ0v) is 13.7. The maximum Gasteiger partial charge on any atom is 0.323 e. The van der Waals surface area contributed by atoms with Gasteiger partial charge in [-0.15, -0.1) is 0 Å². The second-order valence-electron chi connectivity index (χ2n) is 5.37. The van der Waals surface area contributed by atoms with Gasteiger partial charge in [0.25, 0.3) is 5.91 Å². The van der Waals surface area contributed by atoms with E-state index in [2.05, 4.69) is 5.10 Å². The molecule has 6 nitrogen and oxygen atoms in total. The molecule has 0 aliphatic rings. The van der Waals surface area contributed by atoms with Crippen LogP contribution in [0.5, 0.6) is 0 Å². The molecule has 0 saturated heterocycles. The molecule has 1 heterocycles. The third-order valence-electron chi connectivity index (χ3n) is 3.61. The zero-order chi connectivity index (χ0) is 17.7. The molecule has 7 heteroatoms. The molecule has 0 aliphatic carbocycles. The Balaban J connectivity index is 2.38. The molecule has 2 rings (SSSR count). The van der Waals surface area contributed by atoms with Crippen LogP contribution in [0.15, 0.2) is 30.5 Å². The van der Waals surface area contributed by atoms with E-state index in [0.717, 1.165) is 0 Å². The number of carbonyl (C=O) groups is 2. The highest BCUT2D eigenvalue weighted by atomic mass is 19.1. The Kier molecular flexibility index (Phi) is 5.68. The third kappa shape index (κ3) is 3.79. The van der Waals surface area contributed by atoms with E-state index in [1.807, 2.05) is 13.8 Å². The Hall–Kier alpha value is -2.70. The molecule has 1 aromatic carbocycles. The molecule has 0 spiro atoms. The molecule has 0 saturated carbocycles. The molecule has 1 N–H and O–H groups in total. The SMILES string of the molecule is CCCN(CC(=O)O)C(=O)c1cnn(-c2ccc(F)cc2)c1CC. The first-order valence-corrected chi connectivity index (χ1v) is 7.81. The van der Waals surface area contributed by atoms with Gasteiger partial charge in [0.2, 0.25) is 0 Å². The summed E-state index contributed by atoms with van der Waals surface area (Å²) in [6.45, 7) is 3.77. The lowest BCUT2D eigenvalue weighted by Crippen LogP contribution is -2.36. The molecular weight excluding hydrogens is 313 g/mol. The van der Waals surface area contributed by atoms with Crippen LogP contribution < -0.4 is 0 Å². The van der Waals surface area contributed by atoms with E-state index in [4.69, 9.17) is 5.11 Å². The second-order valence-corrected chi connectivity index (χ2v) is 5.37. The van der Waals surface area contributed by atoms with Crippen molar-refractivity contribution in [2.75, 3.05) is 13.1 Å². The summed E-state index contributed by atoms with van der Waals surface area (Å²) >= 11 is 0. The van der Waals surface area contributed by atoms with Crippen LogP contribution in [0, 0.1) is 5.82 Å². The molecule has 1 amide bonds. The van der Waals surface area contributed by atoms with Crippen molar-refractivity contribution in [3.05, 3.63) is 47.5 Å². The quantitative estimate of drug-likeness (QED) is 0.845. The summed E-state index contributed by atoms with van der Waals surface area (Å²) in [4.78, 5) is 25.0. The van der Waals surface area contributed by atoms with E-state index >= 15 is 0 Å². The van der Waals surface area contributed by atoms with Gasteiger partial charge in [0.1, 0.15) is 12.4 Å². The van der Waals surface area contributed by atoms with E-state index in [0.29, 0.717) is 36.3 Å². The molecule has 0 radical (unpaired) electrons. The first-order chi connectivity index (χ1) is 11.5. The minimum absolute atomic E-state index is 0.350. The van der Waals surface area contributed by atoms with Crippen LogP contribution in [-0.2, 0) is 11.2 Å². The normalized spacial score (nSPS) is 10.6. The lowest BCUT2D eigenvalue weighted by molar-refractivity contribution is -0.137. The number of hydrogen-bond donors (Lipinski definition) is 1. The summed E-state index contributed by atoms with van der Waals surface area (Å²) in [6.07, 6.45) is 2.63.